The lowest BCUT2D eigenvalue weighted by atomic mass is 10.2. The Hall–Kier alpha value is -1.49. The van der Waals surface area contributed by atoms with E-state index in [1.54, 1.807) is 23.9 Å². The van der Waals surface area contributed by atoms with Gasteiger partial charge in [-0.25, -0.2) is 4.79 Å². The topological polar surface area (TPSA) is 66.4 Å². The number of hydrogen-bond donors (Lipinski definition) is 2. The van der Waals surface area contributed by atoms with Crippen molar-refractivity contribution in [3.05, 3.63) is 29.8 Å². The number of carbonyl (C=O) groups is 2. The Morgan fingerprint density at radius 3 is 2.47 bits per heavy atom. The van der Waals surface area contributed by atoms with Gasteiger partial charge in [0.05, 0.1) is 5.56 Å². The van der Waals surface area contributed by atoms with Gasteiger partial charge < -0.3 is 10.4 Å². The highest BCUT2D eigenvalue weighted by atomic mass is 32.2. The molecule has 2 N–H and O–H groups in total. The molecule has 4 nitrogen and oxygen atoms in total. The van der Waals surface area contributed by atoms with Gasteiger partial charge in [0.25, 0.3) is 0 Å². The molecule has 1 aromatic rings. The molecule has 0 atom stereocenters. The lowest BCUT2D eigenvalue weighted by molar-refractivity contribution is -0.115. The lowest BCUT2D eigenvalue weighted by Crippen LogP contribution is -2.12. The maximum Gasteiger partial charge on any atom is 0.335 e. The average Bonchev–Trinajstić information content (AvgIpc) is 2.39. The number of hydrogen-bond acceptors (Lipinski definition) is 3. The smallest absolute Gasteiger partial charge is 0.335 e. The number of carboxylic acid groups (broad SMARTS) is 1. The normalized spacial score (nSPS) is 10.2. The summed E-state index contributed by atoms with van der Waals surface area (Å²) in [6.07, 6.45) is 2.84. The molecule has 0 saturated heterocycles. The van der Waals surface area contributed by atoms with Crippen LogP contribution in [0.4, 0.5) is 5.69 Å². The van der Waals surface area contributed by atoms with E-state index in [2.05, 4.69) is 12.2 Å². The minimum absolute atomic E-state index is 0.0351. The number of amides is 1. The number of aromatic carboxylic acids is 1. The monoisotopic (exact) mass is 281 g/mol. The fourth-order valence-corrected chi connectivity index (χ4v) is 2.46. The van der Waals surface area contributed by atoms with E-state index < -0.39 is 5.97 Å². The van der Waals surface area contributed by atoms with Crippen LogP contribution >= 0.6 is 11.8 Å². The quantitative estimate of drug-likeness (QED) is 0.718. The standard InChI is InChI=1S/C14H19NO3S/c1-2-3-9-19-10-8-13(16)15-12-6-4-11(5-7-12)14(17)18/h4-7H,2-3,8-10H2,1H3,(H,15,16)(H,17,18). The highest BCUT2D eigenvalue weighted by Gasteiger charge is 2.04. The highest BCUT2D eigenvalue weighted by molar-refractivity contribution is 7.99. The van der Waals surface area contributed by atoms with Crippen LogP contribution in [0.3, 0.4) is 0 Å². The molecule has 0 radical (unpaired) electrons. The van der Waals surface area contributed by atoms with E-state index in [4.69, 9.17) is 5.11 Å². The second-order valence-corrected chi connectivity index (χ2v) is 5.37. The molecule has 1 amide bonds. The van der Waals surface area contributed by atoms with Gasteiger partial charge in [0.2, 0.25) is 5.91 Å². The summed E-state index contributed by atoms with van der Waals surface area (Å²) in [5.41, 5.74) is 0.849. The van der Waals surface area contributed by atoms with E-state index in [1.165, 1.54) is 25.0 Å². The number of unbranched alkanes of at least 4 members (excludes halogenated alkanes) is 1. The molecule has 0 aromatic heterocycles. The first-order chi connectivity index (χ1) is 9.13. The lowest BCUT2D eigenvalue weighted by Gasteiger charge is -2.05. The van der Waals surface area contributed by atoms with E-state index in [9.17, 15) is 9.59 Å². The van der Waals surface area contributed by atoms with Gasteiger partial charge in [-0.05, 0) is 36.4 Å². The summed E-state index contributed by atoms with van der Waals surface area (Å²) in [6, 6.07) is 6.17. The molecule has 1 aromatic carbocycles. The Balaban J connectivity index is 2.30. The van der Waals surface area contributed by atoms with Gasteiger partial charge >= 0.3 is 5.97 Å². The molecule has 19 heavy (non-hydrogen) atoms. The Labute approximate surface area is 117 Å². The SMILES string of the molecule is CCCCSCCC(=O)Nc1ccc(C(=O)O)cc1. The Morgan fingerprint density at radius 2 is 1.89 bits per heavy atom. The fraction of sp³-hybridized carbons (Fsp3) is 0.429. The van der Waals surface area contributed by atoms with Crippen LogP contribution in [0.2, 0.25) is 0 Å². The first kappa shape index (κ1) is 15.6. The summed E-state index contributed by atoms with van der Waals surface area (Å²) >= 11 is 1.78. The third kappa shape index (κ3) is 6.29. The van der Waals surface area contributed by atoms with Crippen LogP contribution in [0.15, 0.2) is 24.3 Å². The molecular weight excluding hydrogens is 262 g/mol. The predicted molar refractivity (Wildman–Crippen MR) is 78.9 cm³/mol. The van der Waals surface area contributed by atoms with Crippen molar-refractivity contribution >= 4 is 29.3 Å². The largest absolute Gasteiger partial charge is 0.478 e. The molecule has 104 valence electrons. The van der Waals surface area contributed by atoms with E-state index in [0.29, 0.717) is 12.1 Å². The molecule has 0 unspecified atom stereocenters. The van der Waals surface area contributed by atoms with E-state index in [0.717, 1.165) is 11.5 Å². The second kappa shape index (κ2) is 8.58. The number of anilines is 1. The molecule has 0 saturated carbocycles. The van der Waals surface area contributed by atoms with Crippen LogP contribution in [0, 0.1) is 0 Å². The summed E-state index contributed by atoms with van der Waals surface area (Å²) in [5.74, 6) is 0.910. The molecule has 0 fully saturated rings. The number of carbonyl (C=O) groups excluding carboxylic acids is 1. The summed E-state index contributed by atoms with van der Waals surface area (Å²) in [7, 11) is 0. The molecule has 0 heterocycles. The van der Waals surface area contributed by atoms with Crippen molar-refractivity contribution in [3.63, 3.8) is 0 Å². The molecule has 0 bridgehead atoms. The maximum atomic E-state index is 11.6. The van der Waals surface area contributed by atoms with Gasteiger partial charge in [-0.3, -0.25) is 4.79 Å². The Morgan fingerprint density at radius 1 is 1.21 bits per heavy atom. The van der Waals surface area contributed by atoms with E-state index in [-0.39, 0.29) is 11.5 Å². The summed E-state index contributed by atoms with van der Waals surface area (Å²) in [5, 5.41) is 11.5. The van der Waals surface area contributed by atoms with E-state index in [1.807, 2.05) is 0 Å². The van der Waals surface area contributed by atoms with Gasteiger partial charge in [0.15, 0.2) is 0 Å². The minimum Gasteiger partial charge on any atom is -0.478 e. The molecule has 0 aliphatic carbocycles. The zero-order valence-corrected chi connectivity index (χ0v) is 11.8. The van der Waals surface area contributed by atoms with Crippen molar-refractivity contribution < 1.29 is 14.7 Å². The Bertz CT molecular complexity index is 417. The fourth-order valence-electron chi connectivity index (χ4n) is 1.43. The van der Waals surface area contributed by atoms with Crippen molar-refractivity contribution in [2.24, 2.45) is 0 Å². The van der Waals surface area contributed by atoms with Crippen LogP contribution in [-0.4, -0.2) is 28.5 Å². The third-order valence-electron chi connectivity index (χ3n) is 2.53. The first-order valence-corrected chi connectivity index (χ1v) is 7.50. The average molecular weight is 281 g/mol. The first-order valence-electron chi connectivity index (χ1n) is 6.34. The zero-order valence-electron chi connectivity index (χ0n) is 11.0. The molecule has 1 rings (SSSR count). The van der Waals surface area contributed by atoms with Gasteiger partial charge in [0, 0.05) is 17.9 Å². The third-order valence-corrected chi connectivity index (χ3v) is 3.60. The van der Waals surface area contributed by atoms with Crippen LogP contribution < -0.4 is 5.32 Å². The minimum atomic E-state index is -0.967. The van der Waals surface area contributed by atoms with Gasteiger partial charge in [-0.15, -0.1) is 0 Å². The van der Waals surface area contributed by atoms with Crippen LogP contribution in [0.1, 0.15) is 36.5 Å². The number of benzene rings is 1. The van der Waals surface area contributed by atoms with Crippen molar-refractivity contribution in [2.75, 3.05) is 16.8 Å². The zero-order chi connectivity index (χ0) is 14.1. The van der Waals surface area contributed by atoms with Crippen molar-refractivity contribution in [1.82, 2.24) is 0 Å². The van der Waals surface area contributed by atoms with Crippen molar-refractivity contribution in [3.8, 4) is 0 Å². The van der Waals surface area contributed by atoms with Gasteiger partial charge in [-0.1, -0.05) is 13.3 Å². The second-order valence-electron chi connectivity index (χ2n) is 4.15. The van der Waals surface area contributed by atoms with Crippen molar-refractivity contribution in [1.29, 1.82) is 0 Å². The molecule has 0 aliphatic heterocycles. The van der Waals surface area contributed by atoms with Crippen molar-refractivity contribution in [2.45, 2.75) is 26.2 Å². The number of nitrogens with one attached hydrogen (secondary N) is 1. The van der Waals surface area contributed by atoms with E-state index >= 15 is 0 Å². The number of rotatable bonds is 8. The van der Waals surface area contributed by atoms with Gasteiger partial charge in [0.1, 0.15) is 0 Å². The van der Waals surface area contributed by atoms with Gasteiger partial charge in [-0.2, -0.15) is 11.8 Å². The molecular formula is C14H19NO3S. The van der Waals surface area contributed by atoms with Crippen LogP contribution in [-0.2, 0) is 4.79 Å². The number of thioether (sulfide) groups is 1. The summed E-state index contributed by atoms with van der Waals surface area (Å²) in [4.78, 5) is 22.3. The summed E-state index contributed by atoms with van der Waals surface area (Å²) < 4.78 is 0. The molecule has 0 spiro atoms. The van der Waals surface area contributed by atoms with Crippen LogP contribution in [0.5, 0.6) is 0 Å². The predicted octanol–water partition coefficient (Wildman–Crippen LogP) is 3.25. The highest BCUT2D eigenvalue weighted by Crippen LogP contribution is 2.11. The Kier molecular flexibility index (Phi) is 7.03. The maximum absolute atomic E-state index is 11.6. The summed E-state index contributed by atoms with van der Waals surface area (Å²) in [6.45, 7) is 2.15. The molecule has 5 heteroatoms. The molecule has 0 aliphatic rings. The van der Waals surface area contributed by atoms with Crippen LogP contribution in [0.25, 0.3) is 0 Å². The number of carboxylic acids is 1.